The van der Waals surface area contributed by atoms with E-state index in [-0.39, 0.29) is 6.10 Å². The molecule has 0 spiro atoms. The second kappa shape index (κ2) is 4.97. The van der Waals surface area contributed by atoms with E-state index in [4.69, 9.17) is 0 Å². The molecule has 1 aliphatic rings. The molecule has 0 aliphatic heterocycles. The monoisotopic (exact) mass is 254 g/mol. The van der Waals surface area contributed by atoms with Crippen molar-refractivity contribution in [2.45, 2.75) is 45.6 Å². The minimum absolute atomic E-state index is 0.333. The quantitative estimate of drug-likeness (QED) is 0.857. The first-order valence-corrected chi connectivity index (χ1v) is 7.42. The van der Waals surface area contributed by atoms with Crippen molar-refractivity contribution < 1.29 is 5.11 Å². The molecule has 0 saturated carbocycles. The highest BCUT2D eigenvalue weighted by molar-refractivity contribution is 5.93. The molecule has 0 aromatic heterocycles. The number of aliphatic hydroxyl groups is 1. The lowest BCUT2D eigenvalue weighted by atomic mass is 9.91. The van der Waals surface area contributed by atoms with Gasteiger partial charge in [-0.3, -0.25) is 0 Å². The molecule has 3 rings (SSSR count). The zero-order valence-corrected chi connectivity index (χ0v) is 11.8. The summed E-state index contributed by atoms with van der Waals surface area (Å²) in [6, 6.07) is 10.9. The van der Waals surface area contributed by atoms with Gasteiger partial charge in [-0.1, -0.05) is 50.6 Å². The molecular weight excluding hydrogens is 232 g/mol. The minimum Gasteiger partial charge on any atom is -0.388 e. The van der Waals surface area contributed by atoms with Gasteiger partial charge in [-0.2, -0.15) is 0 Å². The molecule has 0 bridgehead atoms. The van der Waals surface area contributed by atoms with Crippen LogP contribution in [0.5, 0.6) is 0 Å². The number of benzene rings is 2. The summed E-state index contributed by atoms with van der Waals surface area (Å²) in [5.74, 6) is 0.568. The third-order valence-electron chi connectivity index (χ3n) is 4.59. The first-order chi connectivity index (χ1) is 9.20. The van der Waals surface area contributed by atoms with E-state index in [2.05, 4.69) is 44.2 Å². The predicted molar refractivity (Wildman–Crippen MR) is 80.4 cm³/mol. The van der Waals surface area contributed by atoms with Gasteiger partial charge in [0.1, 0.15) is 0 Å². The van der Waals surface area contributed by atoms with E-state index in [9.17, 15) is 5.11 Å². The van der Waals surface area contributed by atoms with Crippen LogP contribution in [0.15, 0.2) is 30.3 Å². The Morgan fingerprint density at radius 2 is 1.84 bits per heavy atom. The Labute approximate surface area is 115 Å². The first kappa shape index (κ1) is 12.7. The van der Waals surface area contributed by atoms with Crippen LogP contribution in [-0.2, 0) is 12.8 Å². The van der Waals surface area contributed by atoms with Crippen LogP contribution < -0.4 is 0 Å². The van der Waals surface area contributed by atoms with Gasteiger partial charge in [-0.15, -0.1) is 0 Å². The summed E-state index contributed by atoms with van der Waals surface area (Å²) in [5, 5.41) is 13.2. The molecule has 0 amide bonds. The van der Waals surface area contributed by atoms with Crippen LogP contribution in [-0.4, -0.2) is 5.11 Å². The van der Waals surface area contributed by atoms with Gasteiger partial charge < -0.3 is 5.11 Å². The Kier molecular flexibility index (Phi) is 3.32. The van der Waals surface area contributed by atoms with E-state index in [0.29, 0.717) is 5.92 Å². The zero-order chi connectivity index (χ0) is 13.4. The lowest BCUT2D eigenvalue weighted by Gasteiger charge is -2.18. The average molecular weight is 254 g/mol. The maximum atomic E-state index is 10.5. The molecule has 1 nitrogen and oxygen atoms in total. The van der Waals surface area contributed by atoms with Crippen LogP contribution in [0.3, 0.4) is 0 Å². The number of hydrogen-bond donors (Lipinski definition) is 1. The standard InChI is InChI=1S/C18H22O/c1-3-12(2)11-17(19)15-10-9-14-8-7-13-5-4-6-16(15)18(13)14/h4-6,9-10,12,17,19H,3,7-8,11H2,1-2H3. The molecule has 0 heterocycles. The molecular formula is C18H22O. The predicted octanol–water partition coefficient (Wildman–Crippen LogP) is 4.41. The van der Waals surface area contributed by atoms with E-state index in [1.165, 1.54) is 21.9 Å². The van der Waals surface area contributed by atoms with Gasteiger partial charge in [-0.25, -0.2) is 0 Å². The van der Waals surface area contributed by atoms with Crippen molar-refractivity contribution >= 4 is 10.8 Å². The molecule has 1 N–H and O–H groups in total. The summed E-state index contributed by atoms with van der Waals surface area (Å²) >= 11 is 0. The maximum absolute atomic E-state index is 10.5. The fourth-order valence-corrected chi connectivity index (χ4v) is 3.23. The van der Waals surface area contributed by atoms with Gasteiger partial charge >= 0.3 is 0 Å². The van der Waals surface area contributed by atoms with Crippen molar-refractivity contribution in [3.05, 3.63) is 47.0 Å². The molecule has 1 aliphatic carbocycles. The molecule has 2 aromatic carbocycles. The van der Waals surface area contributed by atoms with Gasteiger partial charge in [-0.05, 0) is 52.6 Å². The van der Waals surface area contributed by atoms with Crippen LogP contribution >= 0.6 is 0 Å². The highest BCUT2D eigenvalue weighted by Crippen LogP contribution is 2.36. The number of rotatable bonds is 4. The van der Waals surface area contributed by atoms with Crippen LogP contribution in [0.25, 0.3) is 10.8 Å². The van der Waals surface area contributed by atoms with Gasteiger partial charge in [0, 0.05) is 0 Å². The Morgan fingerprint density at radius 3 is 2.58 bits per heavy atom. The fraction of sp³-hybridized carbons (Fsp3) is 0.444. The summed E-state index contributed by atoms with van der Waals surface area (Å²) in [6.45, 7) is 4.40. The van der Waals surface area contributed by atoms with Crippen LogP contribution in [0.4, 0.5) is 0 Å². The van der Waals surface area contributed by atoms with Crippen molar-refractivity contribution in [1.29, 1.82) is 0 Å². The Balaban J connectivity index is 2.06. The lowest BCUT2D eigenvalue weighted by molar-refractivity contribution is 0.148. The Hall–Kier alpha value is -1.34. The van der Waals surface area contributed by atoms with E-state index in [0.717, 1.165) is 31.2 Å². The third-order valence-corrected chi connectivity index (χ3v) is 4.59. The normalized spacial score (nSPS) is 16.8. The lowest BCUT2D eigenvalue weighted by Crippen LogP contribution is -2.04. The minimum atomic E-state index is -0.333. The summed E-state index contributed by atoms with van der Waals surface area (Å²) in [6.07, 6.45) is 3.95. The molecule has 100 valence electrons. The molecule has 2 aromatic rings. The van der Waals surface area contributed by atoms with Crippen molar-refractivity contribution in [3.8, 4) is 0 Å². The average Bonchev–Trinajstić information content (AvgIpc) is 2.84. The molecule has 2 unspecified atom stereocenters. The van der Waals surface area contributed by atoms with Crippen LogP contribution in [0, 0.1) is 5.92 Å². The summed E-state index contributed by atoms with van der Waals surface area (Å²) < 4.78 is 0. The molecule has 0 radical (unpaired) electrons. The summed E-state index contributed by atoms with van der Waals surface area (Å²) in [7, 11) is 0. The smallest absolute Gasteiger partial charge is 0.0798 e. The van der Waals surface area contributed by atoms with Crippen molar-refractivity contribution in [1.82, 2.24) is 0 Å². The molecule has 0 fully saturated rings. The molecule has 0 saturated heterocycles. The van der Waals surface area contributed by atoms with E-state index >= 15 is 0 Å². The van der Waals surface area contributed by atoms with Crippen LogP contribution in [0.2, 0.25) is 0 Å². The number of hydrogen-bond acceptors (Lipinski definition) is 1. The largest absolute Gasteiger partial charge is 0.388 e. The fourth-order valence-electron chi connectivity index (χ4n) is 3.23. The highest BCUT2D eigenvalue weighted by atomic mass is 16.3. The summed E-state index contributed by atoms with van der Waals surface area (Å²) in [4.78, 5) is 0. The number of aryl methyl sites for hydroxylation is 2. The maximum Gasteiger partial charge on any atom is 0.0798 e. The van der Waals surface area contributed by atoms with E-state index in [1.807, 2.05) is 0 Å². The van der Waals surface area contributed by atoms with Crippen molar-refractivity contribution in [3.63, 3.8) is 0 Å². The van der Waals surface area contributed by atoms with Gasteiger partial charge in [0.05, 0.1) is 6.10 Å². The van der Waals surface area contributed by atoms with Crippen molar-refractivity contribution in [2.24, 2.45) is 5.92 Å². The first-order valence-electron chi connectivity index (χ1n) is 7.42. The van der Waals surface area contributed by atoms with Gasteiger partial charge in [0.25, 0.3) is 0 Å². The second-order valence-electron chi connectivity index (χ2n) is 5.92. The second-order valence-corrected chi connectivity index (χ2v) is 5.92. The highest BCUT2D eigenvalue weighted by Gasteiger charge is 2.19. The molecule has 2 atom stereocenters. The SMILES string of the molecule is CCC(C)CC(O)c1ccc2c3c(cccc13)CC2. The molecule has 19 heavy (non-hydrogen) atoms. The van der Waals surface area contributed by atoms with E-state index < -0.39 is 0 Å². The van der Waals surface area contributed by atoms with Gasteiger partial charge in [0.2, 0.25) is 0 Å². The van der Waals surface area contributed by atoms with E-state index in [1.54, 1.807) is 0 Å². The third kappa shape index (κ3) is 2.17. The Bertz CT molecular complexity index is 590. The van der Waals surface area contributed by atoms with Gasteiger partial charge in [0.15, 0.2) is 0 Å². The number of aliphatic hydroxyl groups excluding tert-OH is 1. The van der Waals surface area contributed by atoms with Crippen LogP contribution in [0.1, 0.15) is 49.5 Å². The zero-order valence-electron chi connectivity index (χ0n) is 11.8. The Morgan fingerprint density at radius 1 is 1.11 bits per heavy atom. The molecule has 1 heteroatoms. The van der Waals surface area contributed by atoms with Crippen molar-refractivity contribution in [2.75, 3.05) is 0 Å². The summed E-state index contributed by atoms with van der Waals surface area (Å²) in [5.41, 5.74) is 4.01. The topological polar surface area (TPSA) is 20.2 Å².